The monoisotopic (exact) mass is 316 g/mol. The molecule has 20 heavy (non-hydrogen) atoms. The van der Waals surface area contributed by atoms with E-state index in [-0.39, 0.29) is 16.0 Å². The Kier molecular flexibility index (Phi) is 4.62. The van der Waals surface area contributed by atoms with E-state index in [2.05, 4.69) is 11.6 Å². The lowest BCUT2D eigenvalue weighted by Gasteiger charge is -2.27. The first kappa shape index (κ1) is 15.6. The number of rotatable bonds is 5. The third-order valence-corrected chi connectivity index (χ3v) is 6.07. The largest absolute Gasteiger partial charge is 0.397 e. The SMILES string of the molecule is CCC1(CNS(=O)(=O)c2ccc(Cl)c(N)c2)CCCC1. The molecule has 0 saturated heterocycles. The van der Waals surface area contributed by atoms with Gasteiger partial charge >= 0.3 is 0 Å². The summed E-state index contributed by atoms with van der Waals surface area (Å²) in [6.45, 7) is 2.62. The molecule has 0 radical (unpaired) electrons. The van der Waals surface area contributed by atoms with Crippen LogP contribution >= 0.6 is 11.6 Å². The van der Waals surface area contributed by atoms with Crippen LogP contribution in [0.1, 0.15) is 39.0 Å². The Balaban J connectivity index is 2.13. The summed E-state index contributed by atoms with van der Waals surface area (Å²) >= 11 is 5.82. The van der Waals surface area contributed by atoms with Gasteiger partial charge in [-0.2, -0.15) is 0 Å². The van der Waals surface area contributed by atoms with E-state index in [9.17, 15) is 8.42 Å². The number of anilines is 1. The second-order valence-electron chi connectivity index (χ2n) is 5.57. The van der Waals surface area contributed by atoms with Gasteiger partial charge in [-0.25, -0.2) is 13.1 Å². The van der Waals surface area contributed by atoms with E-state index >= 15 is 0 Å². The third-order valence-electron chi connectivity index (χ3n) is 4.33. The number of sulfonamides is 1. The van der Waals surface area contributed by atoms with Crippen molar-refractivity contribution < 1.29 is 8.42 Å². The number of hydrogen-bond donors (Lipinski definition) is 2. The molecule has 1 saturated carbocycles. The van der Waals surface area contributed by atoms with Crippen molar-refractivity contribution >= 4 is 27.3 Å². The molecule has 1 fully saturated rings. The predicted octanol–water partition coefficient (Wildman–Crippen LogP) is 3.17. The molecule has 1 aromatic rings. The fourth-order valence-electron chi connectivity index (χ4n) is 2.80. The Morgan fingerprint density at radius 1 is 1.35 bits per heavy atom. The average molecular weight is 317 g/mol. The molecule has 4 nitrogen and oxygen atoms in total. The summed E-state index contributed by atoms with van der Waals surface area (Å²) in [5.74, 6) is 0. The van der Waals surface area contributed by atoms with E-state index in [1.807, 2.05) is 0 Å². The first-order valence-corrected chi connectivity index (χ1v) is 8.79. The Hall–Kier alpha value is -0.780. The second-order valence-corrected chi connectivity index (χ2v) is 7.74. The summed E-state index contributed by atoms with van der Waals surface area (Å²) in [7, 11) is -3.52. The first-order chi connectivity index (χ1) is 9.38. The van der Waals surface area contributed by atoms with E-state index in [4.69, 9.17) is 17.3 Å². The highest BCUT2D eigenvalue weighted by atomic mass is 35.5. The maximum absolute atomic E-state index is 12.3. The number of nitrogen functional groups attached to an aromatic ring is 1. The van der Waals surface area contributed by atoms with Crippen molar-refractivity contribution in [1.82, 2.24) is 4.72 Å². The van der Waals surface area contributed by atoms with Crippen molar-refractivity contribution in [3.05, 3.63) is 23.2 Å². The molecule has 0 bridgehead atoms. The van der Waals surface area contributed by atoms with Crippen molar-refractivity contribution in [2.45, 2.75) is 43.9 Å². The summed E-state index contributed by atoms with van der Waals surface area (Å²) in [5, 5.41) is 0.366. The van der Waals surface area contributed by atoms with E-state index in [0.717, 1.165) is 19.3 Å². The number of nitrogens with two attached hydrogens (primary N) is 1. The zero-order valence-electron chi connectivity index (χ0n) is 11.7. The minimum Gasteiger partial charge on any atom is -0.397 e. The number of halogens is 1. The van der Waals surface area contributed by atoms with Crippen molar-refractivity contribution in [3.8, 4) is 0 Å². The fraction of sp³-hybridized carbons (Fsp3) is 0.571. The molecule has 6 heteroatoms. The highest BCUT2D eigenvalue weighted by molar-refractivity contribution is 7.89. The summed E-state index contributed by atoms with van der Waals surface area (Å²) in [6.07, 6.45) is 5.55. The maximum atomic E-state index is 12.3. The molecule has 0 aromatic heterocycles. The van der Waals surface area contributed by atoms with Gasteiger partial charge in [0.15, 0.2) is 0 Å². The van der Waals surface area contributed by atoms with Crippen LogP contribution in [-0.2, 0) is 10.0 Å². The second kappa shape index (κ2) is 5.92. The standard InChI is InChI=1S/C14H21ClN2O2S/c1-2-14(7-3-4-8-14)10-17-20(18,19)11-5-6-12(15)13(16)9-11/h5-6,9,17H,2-4,7-8,10,16H2,1H3. The molecule has 1 aliphatic carbocycles. The van der Waals surface area contributed by atoms with Gasteiger partial charge in [-0.15, -0.1) is 0 Å². The van der Waals surface area contributed by atoms with Crippen LogP contribution in [0, 0.1) is 5.41 Å². The molecule has 1 aliphatic rings. The fourth-order valence-corrected chi connectivity index (χ4v) is 4.11. The molecule has 0 unspecified atom stereocenters. The van der Waals surface area contributed by atoms with Gasteiger partial charge in [0.2, 0.25) is 10.0 Å². The van der Waals surface area contributed by atoms with E-state index in [0.29, 0.717) is 11.6 Å². The van der Waals surface area contributed by atoms with E-state index < -0.39 is 10.0 Å². The lowest BCUT2D eigenvalue weighted by Crippen LogP contribution is -2.35. The molecule has 2 rings (SSSR count). The minimum absolute atomic E-state index is 0.116. The van der Waals surface area contributed by atoms with Crippen LogP contribution in [0.25, 0.3) is 0 Å². The molecule has 0 amide bonds. The molecule has 0 heterocycles. The van der Waals surface area contributed by atoms with Gasteiger partial charge in [-0.1, -0.05) is 31.4 Å². The average Bonchev–Trinajstić information content (AvgIpc) is 2.89. The van der Waals surface area contributed by atoms with Crippen molar-refractivity contribution in [2.24, 2.45) is 5.41 Å². The molecule has 0 atom stereocenters. The predicted molar refractivity (Wildman–Crippen MR) is 82.2 cm³/mol. The Morgan fingerprint density at radius 3 is 2.55 bits per heavy atom. The quantitative estimate of drug-likeness (QED) is 0.819. The smallest absolute Gasteiger partial charge is 0.240 e. The highest BCUT2D eigenvalue weighted by Gasteiger charge is 2.33. The maximum Gasteiger partial charge on any atom is 0.240 e. The van der Waals surface area contributed by atoms with Crippen LogP contribution in [0.5, 0.6) is 0 Å². The Morgan fingerprint density at radius 2 is 2.00 bits per heavy atom. The van der Waals surface area contributed by atoms with Crippen LogP contribution in [0.2, 0.25) is 5.02 Å². The number of nitrogens with one attached hydrogen (secondary N) is 1. The lowest BCUT2D eigenvalue weighted by atomic mass is 9.84. The molecule has 3 N–H and O–H groups in total. The van der Waals surface area contributed by atoms with Crippen LogP contribution in [0.4, 0.5) is 5.69 Å². The topological polar surface area (TPSA) is 72.2 Å². The molecular weight excluding hydrogens is 296 g/mol. The van der Waals surface area contributed by atoms with Gasteiger partial charge in [0.05, 0.1) is 15.6 Å². The summed E-state index contributed by atoms with van der Waals surface area (Å²) < 4.78 is 27.3. The number of hydrogen-bond acceptors (Lipinski definition) is 3. The van der Waals surface area contributed by atoms with Crippen molar-refractivity contribution in [2.75, 3.05) is 12.3 Å². The Labute approximate surface area is 125 Å². The van der Waals surface area contributed by atoms with Gasteiger partial charge in [-0.3, -0.25) is 0 Å². The molecule has 112 valence electrons. The van der Waals surface area contributed by atoms with Gasteiger partial charge < -0.3 is 5.73 Å². The number of benzene rings is 1. The molecule has 0 aliphatic heterocycles. The molecule has 1 aromatic carbocycles. The first-order valence-electron chi connectivity index (χ1n) is 6.93. The van der Waals surface area contributed by atoms with Gasteiger partial charge in [-0.05, 0) is 42.9 Å². The molecular formula is C14H21ClN2O2S. The van der Waals surface area contributed by atoms with Crippen LogP contribution in [-0.4, -0.2) is 15.0 Å². The van der Waals surface area contributed by atoms with Crippen molar-refractivity contribution in [3.63, 3.8) is 0 Å². The third kappa shape index (κ3) is 3.27. The normalized spacial score (nSPS) is 18.3. The van der Waals surface area contributed by atoms with Crippen LogP contribution in [0.3, 0.4) is 0 Å². The van der Waals surface area contributed by atoms with E-state index in [1.54, 1.807) is 0 Å². The summed E-state index contributed by atoms with van der Waals surface area (Å²) in [4.78, 5) is 0.170. The zero-order chi connectivity index (χ0) is 14.8. The minimum atomic E-state index is -3.52. The van der Waals surface area contributed by atoms with Crippen LogP contribution < -0.4 is 10.5 Å². The van der Waals surface area contributed by atoms with Crippen LogP contribution in [0.15, 0.2) is 23.1 Å². The zero-order valence-corrected chi connectivity index (χ0v) is 13.2. The van der Waals surface area contributed by atoms with Gasteiger partial charge in [0.1, 0.15) is 0 Å². The van der Waals surface area contributed by atoms with Gasteiger partial charge in [0.25, 0.3) is 0 Å². The highest BCUT2D eigenvalue weighted by Crippen LogP contribution is 2.40. The van der Waals surface area contributed by atoms with Gasteiger partial charge in [0, 0.05) is 6.54 Å². The summed E-state index contributed by atoms with van der Waals surface area (Å²) in [5.41, 5.74) is 6.06. The Bertz CT molecular complexity index is 581. The lowest BCUT2D eigenvalue weighted by molar-refractivity contribution is 0.285. The van der Waals surface area contributed by atoms with E-state index in [1.165, 1.54) is 31.0 Å². The van der Waals surface area contributed by atoms with Crippen molar-refractivity contribution in [1.29, 1.82) is 0 Å². The molecule has 0 spiro atoms. The summed E-state index contributed by atoms with van der Waals surface area (Å²) in [6, 6.07) is 4.39.